The van der Waals surface area contributed by atoms with Crippen LogP contribution >= 0.6 is 22.9 Å². The van der Waals surface area contributed by atoms with Crippen LogP contribution < -0.4 is 10.6 Å². The van der Waals surface area contributed by atoms with Gasteiger partial charge >= 0.3 is 17.8 Å². The number of fused-ring (bicyclic) bond motifs is 1. The summed E-state index contributed by atoms with van der Waals surface area (Å²) in [5.41, 5.74) is -3.08. The molecule has 1 heterocycles. The Morgan fingerprint density at radius 3 is 2.34 bits per heavy atom. The molecule has 1 aromatic heterocycles. The van der Waals surface area contributed by atoms with Crippen LogP contribution in [0.2, 0.25) is 5.02 Å². The number of nitrogens with zero attached hydrogens (tertiary/aromatic N) is 1. The summed E-state index contributed by atoms with van der Waals surface area (Å²) in [7, 11) is 0.789. The van der Waals surface area contributed by atoms with E-state index in [2.05, 4.69) is 30.8 Å². The van der Waals surface area contributed by atoms with Gasteiger partial charge in [0.05, 0.1) is 12.7 Å². The molecule has 1 aliphatic carbocycles. The number of methoxy groups -OCH3 is 1. The van der Waals surface area contributed by atoms with Crippen molar-refractivity contribution in [1.82, 2.24) is 5.32 Å². The van der Waals surface area contributed by atoms with E-state index in [9.17, 15) is 28.0 Å². The smallest absolute Gasteiger partial charge is 0.441 e. The quantitative estimate of drug-likeness (QED) is 0.384. The number of carbonyl (C=O) groups is 2. The second kappa shape index (κ2) is 9.70. The molecule has 0 fully saturated rings. The van der Waals surface area contributed by atoms with Gasteiger partial charge in [-0.15, -0.1) is 11.3 Å². The molecule has 0 spiro atoms. The number of amides is 1. The van der Waals surface area contributed by atoms with Gasteiger partial charge in [-0.25, -0.2) is 4.79 Å². The monoisotopic (exact) mass is 527 g/mol. The number of nitrogens with one attached hydrogen (secondary N) is 2. The Labute approximate surface area is 210 Å². The van der Waals surface area contributed by atoms with E-state index in [4.69, 9.17) is 11.6 Å². The van der Waals surface area contributed by atoms with Gasteiger partial charge in [0.2, 0.25) is 0 Å². The predicted octanol–water partition coefficient (Wildman–Crippen LogP) is 5.70. The zero-order chi connectivity index (χ0) is 26.2. The number of benzene rings is 1. The molecule has 0 radical (unpaired) electrons. The summed E-state index contributed by atoms with van der Waals surface area (Å²) in [5.74, 6) is -2.66. The van der Waals surface area contributed by atoms with E-state index in [0.29, 0.717) is 18.4 Å². The van der Waals surface area contributed by atoms with Gasteiger partial charge in [-0.3, -0.25) is 4.79 Å². The largest absolute Gasteiger partial charge is 0.466 e. The number of carbonyl (C=O) groups excluding carboxylic acids is 2. The molecule has 35 heavy (non-hydrogen) atoms. The van der Waals surface area contributed by atoms with Gasteiger partial charge in [0.25, 0.3) is 5.91 Å². The van der Waals surface area contributed by atoms with Crippen LogP contribution in [0.3, 0.4) is 0 Å². The first kappa shape index (κ1) is 26.8. The number of thiophene rings is 1. The first-order valence-electron chi connectivity index (χ1n) is 10.8. The van der Waals surface area contributed by atoms with Crippen LogP contribution in [0.4, 0.5) is 18.2 Å². The average Bonchev–Trinajstić information content (AvgIpc) is 3.13. The van der Waals surface area contributed by atoms with Gasteiger partial charge in [-0.05, 0) is 60.4 Å². The summed E-state index contributed by atoms with van der Waals surface area (Å²) < 4.78 is 48.0. The second-order valence-electron chi connectivity index (χ2n) is 9.45. The molecule has 1 aliphatic rings. The first-order chi connectivity index (χ1) is 16.2. The SMILES string of the molecule is COC(=O)[C@@](NC(=O)c1ccc(Cl)cc1)(Nc1sc2c(c1C#N)CC[C@H](C(C)(C)C)C2)C(F)(F)F. The lowest BCUT2D eigenvalue weighted by Gasteiger charge is -2.34. The number of esters is 1. The highest BCUT2D eigenvalue weighted by atomic mass is 35.5. The van der Waals surface area contributed by atoms with E-state index in [1.54, 1.807) is 5.32 Å². The van der Waals surface area contributed by atoms with Crippen molar-refractivity contribution >= 4 is 39.8 Å². The highest BCUT2D eigenvalue weighted by Gasteiger charge is 2.64. The van der Waals surface area contributed by atoms with Crippen LogP contribution in [0, 0.1) is 22.7 Å². The fourth-order valence-corrected chi connectivity index (χ4v) is 5.55. The molecule has 3 rings (SSSR count). The minimum Gasteiger partial charge on any atom is -0.466 e. The third kappa shape index (κ3) is 5.26. The number of hydrogen-bond donors (Lipinski definition) is 2. The summed E-state index contributed by atoms with van der Waals surface area (Å²) in [6, 6.07) is 7.11. The number of ether oxygens (including phenoxy) is 1. The van der Waals surface area contributed by atoms with Crippen molar-refractivity contribution < 1.29 is 27.5 Å². The molecule has 11 heteroatoms. The normalized spacial score (nSPS) is 17.5. The molecule has 1 aromatic carbocycles. The van der Waals surface area contributed by atoms with Crippen LogP contribution in [-0.2, 0) is 22.4 Å². The lowest BCUT2D eigenvalue weighted by atomic mass is 9.72. The van der Waals surface area contributed by atoms with Gasteiger partial charge < -0.3 is 15.4 Å². The van der Waals surface area contributed by atoms with Gasteiger partial charge in [0.15, 0.2) is 0 Å². The Morgan fingerprint density at radius 1 is 1.20 bits per heavy atom. The Kier molecular flexibility index (Phi) is 7.44. The number of alkyl halides is 3. The van der Waals surface area contributed by atoms with Crippen molar-refractivity contribution in [2.75, 3.05) is 12.4 Å². The maximum atomic E-state index is 14.5. The molecule has 2 atom stereocenters. The molecule has 0 saturated heterocycles. The summed E-state index contributed by atoms with van der Waals surface area (Å²) in [6.45, 7) is 6.29. The number of anilines is 1. The van der Waals surface area contributed by atoms with Gasteiger partial charge in [-0.1, -0.05) is 32.4 Å². The minimum absolute atomic E-state index is 0.0175. The van der Waals surface area contributed by atoms with Crippen molar-refractivity contribution in [3.05, 3.63) is 50.9 Å². The topological polar surface area (TPSA) is 91.2 Å². The fraction of sp³-hybridized carbons (Fsp3) is 0.458. The molecule has 188 valence electrons. The lowest BCUT2D eigenvalue weighted by molar-refractivity contribution is -0.203. The number of rotatable bonds is 5. The van der Waals surface area contributed by atoms with Crippen molar-refractivity contribution in [1.29, 1.82) is 5.26 Å². The summed E-state index contributed by atoms with van der Waals surface area (Å²) in [4.78, 5) is 26.2. The van der Waals surface area contributed by atoms with Gasteiger partial charge in [0, 0.05) is 15.5 Å². The van der Waals surface area contributed by atoms with E-state index < -0.39 is 23.7 Å². The molecule has 2 aromatic rings. The van der Waals surface area contributed by atoms with Crippen LogP contribution in [0.5, 0.6) is 0 Å². The van der Waals surface area contributed by atoms with Gasteiger partial charge in [0.1, 0.15) is 11.1 Å². The first-order valence-corrected chi connectivity index (χ1v) is 12.0. The zero-order valence-corrected chi connectivity index (χ0v) is 21.2. The van der Waals surface area contributed by atoms with Gasteiger partial charge in [-0.2, -0.15) is 18.4 Å². The standard InChI is InChI=1S/C24H25ClF3N3O3S/c1-22(2,3)14-7-10-16-17(12-29)20(35-18(16)11-14)31-23(21(33)34-4,24(26,27)28)30-19(32)13-5-8-15(25)9-6-13/h5-6,8-9,14,31H,7,10-11H2,1-4H3,(H,30,32)/t14-,23+/m0/s1. The molecular formula is C24H25ClF3N3O3S. The van der Waals surface area contributed by atoms with E-state index in [0.717, 1.165) is 29.7 Å². The Morgan fingerprint density at radius 2 is 1.83 bits per heavy atom. The number of halogens is 4. The van der Waals surface area contributed by atoms with Crippen molar-refractivity contribution in [2.45, 2.75) is 51.9 Å². The molecule has 0 aliphatic heterocycles. The zero-order valence-electron chi connectivity index (χ0n) is 19.6. The van der Waals surface area contributed by atoms with Crippen LogP contribution in [0.25, 0.3) is 0 Å². The molecule has 0 unspecified atom stereocenters. The Bertz CT molecular complexity index is 1170. The van der Waals surface area contributed by atoms with E-state index in [-0.39, 0.29) is 32.5 Å². The summed E-state index contributed by atoms with van der Waals surface area (Å²) >= 11 is 6.79. The second-order valence-corrected chi connectivity index (χ2v) is 11.0. The maximum absolute atomic E-state index is 14.5. The third-order valence-electron chi connectivity index (χ3n) is 6.23. The highest BCUT2D eigenvalue weighted by molar-refractivity contribution is 7.16. The van der Waals surface area contributed by atoms with Crippen LogP contribution in [0.1, 0.15) is 53.6 Å². The molecule has 1 amide bonds. The van der Waals surface area contributed by atoms with Crippen molar-refractivity contribution in [3.8, 4) is 6.07 Å². The van der Waals surface area contributed by atoms with E-state index in [1.807, 2.05) is 6.07 Å². The maximum Gasteiger partial charge on any atom is 0.441 e. The summed E-state index contributed by atoms with van der Waals surface area (Å²) in [6.07, 6.45) is -3.38. The van der Waals surface area contributed by atoms with Crippen molar-refractivity contribution in [2.24, 2.45) is 11.3 Å². The van der Waals surface area contributed by atoms with Crippen LogP contribution in [-0.4, -0.2) is 30.8 Å². The van der Waals surface area contributed by atoms with E-state index >= 15 is 0 Å². The summed E-state index contributed by atoms with van der Waals surface area (Å²) in [5, 5.41) is 13.9. The predicted molar refractivity (Wildman–Crippen MR) is 127 cm³/mol. The van der Waals surface area contributed by atoms with Crippen molar-refractivity contribution in [3.63, 3.8) is 0 Å². The minimum atomic E-state index is -5.31. The molecule has 0 saturated carbocycles. The lowest BCUT2D eigenvalue weighted by Crippen LogP contribution is -2.69. The molecular weight excluding hydrogens is 503 g/mol. The molecule has 2 N–H and O–H groups in total. The number of hydrogen-bond acceptors (Lipinski definition) is 6. The van der Waals surface area contributed by atoms with E-state index in [1.165, 1.54) is 24.3 Å². The Hall–Kier alpha value is -2.77. The fourth-order valence-electron chi connectivity index (χ4n) is 4.09. The van der Waals surface area contributed by atoms with Crippen LogP contribution in [0.15, 0.2) is 24.3 Å². The number of nitriles is 1. The Balaban J connectivity index is 2.07. The molecule has 6 nitrogen and oxygen atoms in total. The highest BCUT2D eigenvalue weighted by Crippen LogP contribution is 2.45. The molecule has 0 bridgehead atoms. The average molecular weight is 528 g/mol. The third-order valence-corrected chi connectivity index (χ3v) is 7.65.